The SMILES string of the molecule is Nc1ccc(Br)c(S)c1. The minimum Gasteiger partial charge on any atom is -0.399 e. The van der Waals surface area contributed by atoms with Crippen molar-refractivity contribution in [2.75, 3.05) is 5.73 Å². The third-order valence-electron chi connectivity index (χ3n) is 0.970. The van der Waals surface area contributed by atoms with E-state index in [0.29, 0.717) is 0 Å². The molecule has 0 amide bonds. The van der Waals surface area contributed by atoms with Crippen molar-refractivity contribution in [2.45, 2.75) is 4.90 Å². The smallest absolute Gasteiger partial charge is 0.0325 e. The zero-order valence-electron chi connectivity index (χ0n) is 4.63. The molecule has 0 aliphatic rings. The van der Waals surface area contributed by atoms with E-state index in [9.17, 15) is 0 Å². The van der Waals surface area contributed by atoms with Gasteiger partial charge >= 0.3 is 0 Å². The largest absolute Gasteiger partial charge is 0.399 e. The molecule has 0 aliphatic heterocycles. The van der Waals surface area contributed by atoms with E-state index >= 15 is 0 Å². The predicted molar refractivity (Wildman–Crippen MR) is 45.8 cm³/mol. The highest BCUT2D eigenvalue weighted by Crippen LogP contribution is 2.21. The van der Waals surface area contributed by atoms with Crippen LogP contribution in [0.5, 0.6) is 0 Å². The molecule has 48 valence electrons. The molecule has 2 N–H and O–H groups in total. The third-order valence-corrected chi connectivity index (χ3v) is 2.34. The number of benzene rings is 1. The van der Waals surface area contributed by atoms with Crippen LogP contribution in [0.2, 0.25) is 0 Å². The van der Waals surface area contributed by atoms with Gasteiger partial charge in [0.25, 0.3) is 0 Å². The number of nitrogen functional groups attached to an aromatic ring is 1. The first kappa shape index (κ1) is 6.96. The Labute approximate surface area is 67.8 Å². The summed E-state index contributed by atoms with van der Waals surface area (Å²) in [5, 5.41) is 0. The maximum absolute atomic E-state index is 5.46. The van der Waals surface area contributed by atoms with Gasteiger partial charge in [-0.2, -0.15) is 0 Å². The molecule has 0 atom stereocenters. The van der Waals surface area contributed by atoms with Gasteiger partial charge in [-0.15, -0.1) is 12.6 Å². The normalized spacial score (nSPS) is 9.56. The fourth-order valence-electron chi connectivity index (χ4n) is 0.530. The van der Waals surface area contributed by atoms with E-state index in [1.165, 1.54) is 0 Å². The van der Waals surface area contributed by atoms with Crippen molar-refractivity contribution in [3.05, 3.63) is 22.7 Å². The summed E-state index contributed by atoms with van der Waals surface area (Å²) in [7, 11) is 0. The Balaban J connectivity index is 3.17. The lowest BCUT2D eigenvalue weighted by atomic mass is 10.3. The Morgan fingerprint density at radius 2 is 2.11 bits per heavy atom. The Morgan fingerprint density at radius 3 is 2.56 bits per heavy atom. The van der Waals surface area contributed by atoms with Crippen LogP contribution < -0.4 is 5.73 Å². The highest BCUT2D eigenvalue weighted by atomic mass is 79.9. The second-order valence-corrected chi connectivity index (χ2v) is 3.05. The highest BCUT2D eigenvalue weighted by Gasteiger charge is 1.92. The first-order chi connectivity index (χ1) is 4.20. The second-order valence-electron chi connectivity index (χ2n) is 1.71. The average Bonchev–Trinajstić information content (AvgIpc) is 1.80. The van der Waals surface area contributed by atoms with Gasteiger partial charge in [0.2, 0.25) is 0 Å². The molecule has 1 aromatic carbocycles. The quantitative estimate of drug-likeness (QED) is 0.492. The van der Waals surface area contributed by atoms with Crippen molar-refractivity contribution in [1.82, 2.24) is 0 Å². The molecule has 0 spiro atoms. The van der Waals surface area contributed by atoms with Crippen molar-refractivity contribution in [2.24, 2.45) is 0 Å². The van der Waals surface area contributed by atoms with Gasteiger partial charge in [-0.3, -0.25) is 0 Å². The van der Waals surface area contributed by atoms with Crippen LogP contribution in [-0.2, 0) is 0 Å². The zero-order valence-corrected chi connectivity index (χ0v) is 7.12. The summed E-state index contributed by atoms with van der Waals surface area (Å²) < 4.78 is 0.972. The van der Waals surface area contributed by atoms with Crippen LogP contribution in [0.3, 0.4) is 0 Å². The molecular formula is C6H6BrNS. The molecule has 0 heterocycles. The summed E-state index contributed by atoms with van der Waals surface area (Å²) in [6.45, 7) is 0. The van der Waals surface area contributed by atoms with Gasteiger partial charge < -0.3 is 5.73 Å². The molecule has 0 unspecified atom stereocenters. The fourth-order valence-corrected chi connectivity index (χ4v) is 1.000. The molecule has 0 aliphatic carbocycles. The first-order valence-electron chi connectivity index (χ1n) is 2.44. The summed E-state index contributed by atoms with van der Waals surface area (Å²) in [4.78, 5) is 0.870. The molecule has 1 nitrogen and oxygen atoms in total. The molecular weight excluding hydrogens is 198 g/mol. The van der Waals surface area contributed by atoms with Crippen molar-refractivity contribution in [3.63, 3.8) is 0 Å². The topological polar surface area (TPSA) is 26.0 Å². The van der Waals surface area contributed by atoms with E-state index in [2.05, 4.69) is 28.6 Å². The van der Waals surface area contributed by atoms with E-state index in [1.807, 2.05) is 12.1 Å². The van der Waals surface area contributed by atoms with Crippen LogP contribution in [0.15, 0.2) is 27.6 Å². The molecule has 1 rings (SSSR count). The lowest BCUT2D eigenvalue weighted by Crippen LogP contribution is -1.82. The third kappa shape index (κ3) is 1.63. The van der Waals surface area contributed by atoms with Crippen molar-refractivity contribution in [3.8, 4) is 0 Å². The highest BCUT2D eigenvalue weighted by molar-refractivity contribution is 9.10. The van der Waals surface area contributed by atoms with Crippen molar-refractivity contribution in [1.29, 1.82) is 0 Å². The van der Waals surface area contributed by atoms with E-state index in [1.54, 1.807) is 6.07 Å². The van der Waals surface area contributed by atoms with Gasteiger partial charge in [0, 0.05) is 15.1 Å². The van der Waals surface area contributed by atoms with Gasteiger partial charge in [0.05, 0.1) is 0 Å². The van der Waals surface area contributed by atoms with Gasteiger partial charge in [0.1, 0.15) is 0 Å². The molecule has 0 fully saturated rings. The second kappa shape index (κ2) is 2.62. The van der Waals surface area contributed by atoms with Gasteiger partial charge in [0.15, 0.2) is 0 Å². The number of hydrogen-bond acceptors (Lipinski definition) is 2. The number of nitrogens with two attached hydrogens (primary N) is 1. The Bertz CT molecular complexity index is 224. The minimum absolute atomic E-state index is 0.739. The maximum atomic E-state index is 5.46. The predicted octanol–water partition coefficient (Wildman–Crippen LogP) is 2.32. The number of anilines is 1. The summed E-state index contributed by atoms with van der Waals surface area (Å²) in [5.41, 5.74) is 6.20. The molecule has 9 heavy (non-hydrogen) atoms. The number of hydrogen-bond donors (Lipinski definition) is 2. The maximum Gasteiger partial charge on any atom is 0.0325 e. The summed E-state index contributed by atoms with van der Waals surface area (Å²) >= 11 is 7.44. The summed E-state index contributed by atoms with van der Waals surface area (Å²) in [5.74, 6) is 0. The van der Waals surface area contributed by atoms with Crippen molar-refractivity contribution < 1.29 is 0 Å². The minimum atomic E-state index is 0.739. The summed E-state index contributed by atoms with van der Waals surface area (Å²) in [6.07, 6.45) is 0. The van der Waals surface area contributed by atoms with Gasteiger partial charge in [-0.05, 0) is 34.1 Å². The lowest BCUT2D eigenvalue weighted by Gasteiger charge is -1.95. The number of rotatable bonds is 0. The summed E-state index contributed by atoms with van der Waals surface area (Å²) in [6, 6.07) is 5.49. The van der Waals surface area contributed by atoms with E-state index < -0.39 is 0 Å². The monoisotopic (exact) mass is 203 g/mol. The van der Waals surface area contributed by atoms with Crippen LogP contribution in [0.1, 0.15) is 0 Å². The van der Waals surface area contributed by atoms with Crippen LogP contribution in [-0.4, -0.2) is 0 Å². The van der Waals surface area contributed by atoms with Crippen LogP contribution in [0, 0.1) is 0 Å². The Morgan fingerprint density at radius 1 is 1.44 bits per heavy atom. The molecule has 0 radical (unpaired) electrons. The van der Waals surface area contributed by atoms with Crippen molar-refractivity contribution >= 4 is 34.2 Å². The Kier molecular flexibility index (Phi) is 2.03. The first-order valence-corrected chi connectivity index (χ1v) is 3.68. The van der Waals surface area contributed by atoms with Crippen LogP contribution in [0.4, 0.5) is 5.69 Å². The molecule has 0 saturated heterocycles. The molecule has 0 bridgehead atoms. The molecule has 0 saturated carbocycles. The van der Waals surface area contributed by atoms with E-state index in [4.69, 9.17) is 5.73 Å². The van der Waals surface area contributed by atoms with Crippen LogP contribution >= 0.6 is 28.6 Å². The standard InChI is InChI=1S/C6H6BrNS/c7-5-2-1-4(8)3-6(5)9/h1-3,9H,8H2. The number of halogens is 1. The van der Waals surface area contributed by atoms with Crippen LogP contribution in [0.25, 0.3) is 0 Å². The van der Waals surface area contributed by atoms with E-state index in [-0.39, 0.29) is 0 Å². The fraction of sp³-hybridized carbons (Fsp3) is 0. The lowest BCUT2D eigenvalue weighted by molar-refractivity contribution is 1.42. The average molecular weight is 204 g/mol. The van der Waals surface area contributed by atoms with Gasteiger partial charge in [-0.1, -0.05) is 0 Å². The zero-order chi connectivity index (χ0) is 6.85. The van der Waals surface area contributed by atoms with E-state index in [0.717, 1.165) is 15.1 Å². The molecule has 0 aromatic heterocycles. The van der Waals surface area contributed by atoms with Gasteiger partial charge in [-0.25, -0.2) is 0 Å². The number of thiol groups is 1. The molecule has 3 heteroatoms. The Hall–Kier alpha value is -0.150. The molecule has 1 aromatic rings.